The third kappa shape index (κ3) is 10.8. The van der Waals surface area contributed by atoms with Gasteiger partial charge >= 0.3 is 0 Å². The summed E-state index contributed by atoms with van der Waals surface area (Å²) >= 11 is 0. The van der Waals surface area contributed by atoms with Gasteiger partial charge in [-0.05, 0) is 64.3 Å². The third-order valence-corrected chi connectivity index (χ3v) is 8.01. The Kier molecular flexibility index (Phi) is 15.2. The fourth-order valence-electron chi connectivity index (χ4n) is 5.61. The van der Waals surface area contributed by atoms with Gasteiger partial charge in [0.05, 0.1) is 17.0 Å². The zero-order chi connectivity index (χ0) is 31.0. The van der Waals surface area contributed by atoms with Gasteiger partial charge in [-0.3, -0.25) is 9.48 Å². The third-order valence-electron chi connectivity index (χ3n) is 8.01. The molecule has 42 heavy (non-hydrogen) atoms. The highest BCUT2D eigenvalue weighted by Gasteiger charge is 2.24. The van der Waals surface area contributed by atoms with Crippen molar-refractivity contribution in [2.24, 2.45) is 29.1 Å². The van der Waals surface area contributed by atoms with E-state index in [1.165, 1.54) is 76.4 Å². The molecule has 1 aromatic carbocycles. The average Bonchev–Trinajstić information content (AvgIpc) is 3.31. The minimum absolute atomic E-state index is 0.429. The minimum Gasteiger partial charge on any atom is -0.479 e. The van der Waals surface area contributed by atoms with E-state index >= 15 is 0 Å². The first kappa shape index (κ1) is 34.9. The molecule has 1 aromatic heterocycles. The summed E-state index contributed by atoms with van der Waals surface area (Å²) in [6, 6.07) is 7.81. The molecule has 1 fully saturated rings. The summed E-state index contributed by atoms with van der Waals surface area (Å²) in [5.74, 6) is 1.80. The lowest BCUT2D eigenvalue weighted by Crippen LogP contribution is -2.28. The van der Waals surface area contributed by atoms with Gasteiger partial charge in [0, 0.05) is 55.8 Å². The molecule has 3 aliphatic rings. The molecule has 2 N–H and O–H groups in total. The lowest BCUT2D eigenvalue weighted by molar-refractivity contribution is 0.112. The summed E-state index contributed by atoms with van der Waals surface area (Å²) in [5.41, 5.74) is 8.41. The first-order chi connectivity index (χ1) is 20.4. The fraction of sp³-hybridized carbons (Fsp3) is 0.588. The smallest absolute Gasteiger partial charge is 0.188 e. The summed E-state index contributed by atoms with van der Waals surface area (Å²) in [5, 5.41) is 14.2. The summed E-state index contributed by atoms with van der Waals surface area (Å²) in [6.07, 6.45) is 15.5. The molecule has 0 atom stereocenters. The van der Waals surface area contributed by atoms with E-state index in [9.17, 15) is 4.79 Å². The first-order valence-corrected chi connectivity index (χ1v) is 15.4. The Labute approximate surface area is 253 Å². The van der Waals surface area contributed by atoms with E-state index in [0.29, 0.717) is 12.2 Å². The van der Waals surface area contributed by atoms with Gasteiger partial charge in [0.2, 0.25) is 0 Å². The molecule has 230 valence electrons. The maximum Gasteiger partial charge on any atom is 0.188 e. The summed E-state index contributed by atoms with van der Waals surface area (Å²) < 4.78 is 7.57. The normalized spacial score (nSPS) is 17.5. The quantitative estimate of drug-likeness (QED) is 0.298. The molecule has 0 saturated heterocycles. The number of fused-ring (bicyclic) bond motifs is 1. The second-order valence-corrected chi connectivity index (χ2v) is 11.7. The molecule has 0 unspecified atom stereocenters. The molecule has 8 heteroatoms. The van der Waals surface area contributed by atoms with Crippen molar-refractivity contribution < 1.29 is 9.53 Å². The van der Waals surface area contributed by atoms with E-state index in [-0.39, 0.29) is 0 Å². The highest BCUT2D eigenvalue weighted by atomic mass is 16.5. The van der Waals surface area contributed by atoms with Crippen molar-refractivity contribution in [2.45, 2.75) is 78.1 Å². The molecular formula is C34H52N6O2. The van der Waals surface area contributed by atoms with Gasteiger partial charge in [-0.2, -0.15) is 10.4 Å². The lowest BCUT2D eigenvalue weighted by Gasteiger charge is -2.26. The van der Waals surface area contributed by atoms with Crippen molar-refractivity contribution in [3.05, 3.63) is 54.4 Å². The molecule has 0 spiro atoms. The number of ether oxygens (including phenoxy) is 1. The molecule has 8 nitrogen and oxygen atoms in total. The van der Waals surface area contributed by atoms with E-state index in [2.05, 4.69) is 35.0 Å². The summed E-state index contributed by atoms with van der Waals surface area (Å²) in [4.78, 5) is 18.1. The van der Waals surface area contributed by atoms with Crippen LogP contribution in [0.25, 0.3) is 10.9 Å². The molecule has 1 saturated carbocycles. The lowest BCUT2D eigenvalue weighted by atomic mass is 9.87. The average molecular weight is 577 g/mol. The number of nitriles is 1. The molecule has 0 radical (unpaired) electrons. The maximum atomic E-state index is 10.6. The summed E-state index contributed by atoms with van der Waals surface area (Å²) in [6.45, 7) is 13.8. The van der Waals surface area contributed by atoms with Crippen LogP contribution in [0.1, 0.15) is 88.4 Å². The Balaban J connectivity index is 0.000000320. The second kappa shape index (κ2) is 18.3. The Hall–Kier alpha value is -3.28. The van der Waals surface area contributed by atoms with Gasteiger partial charge in [0.15, 0.2) is 12.2 Å². The van der Waals surface area contributed by atoms with Gasteiger partial charge in [0.1, 0.15) is 6.61 Å². The number of hydrogen-bond donors (Lipinski definition) is 1. The van der Waals surface area contributed by atoms with Gasteiger partial charge in [-0.25, -0.2) is 4.99 Å². The number of nitrogens with two attached hydrogens (primary N) is 1. The Bertz CT molecular complexity index is 1220. The van der Waals surface area contributed by atoms with Crippen LogP contribution in [0.4, 0.5) is 0 Å². The molecular weight excluding hydrogens is 524 g/mol. The summed E-state index contributed by atoms with van der Waals surface area (Å²) in [7, 11) is 3.34. The Morgan fingerprint density at radius 2 is 1.83 bits per heavy atom. The van der Waals surface area contributed by atoms with Gasteiger partial charge in [0.25, 0.3) is 0 Å². The zero-order valence-electron chi connectivity index (χ0n) is 26.4. The molecule has 0 amide bonds. The number of hydrogen-bond acceptors (Lipinski definition) is 7. The van der Waals surface area contributed by atoms with E-state index < -0.39 is 5.41 Å². The molecule has 0 bridgehead atoms. The van der Waals surface area contributed by atoms with Crippen LogP contribution in [0.2, 0.25) is 0 Å². The molecule has 2 aliphatic heterocycles. The van der Waals surface area contributed by atoms with Crippen LogP contribution in [-0.2, 0) is 11.8 Å². The number of carbonyl (C=O) groups excluding carboxylic acids is 1. The molecule has 3 heterocycles. The maximum absolute atomic E-state index is 10.6. The molecule has 5 rings (SSSR count). The van der Waals surface area contributed by atoms with Crippen molar-refractivity contribution in [3.8, 4) is 6.07 Å². The van der Waals surface area contributed by atoms with Crippen LogP contribution in [0.15, 0.2) is 53.8 Å². The van der Waals surface area contributed by atoms with Crippen LogP contribution in [0, 0.1) is 22.7 Å². The number of carbonyl (C=O) groups is 1. The number of benzene rings is 1. The van der Waals surface area contributed by atoms with E-state index in [4.69, 9.17) is 15.0 Å². The number of rotatable bonds is 6. The Morgan fingerprint density at radius 1 is 1.12 bits per heavy atom. The van der Waals surface area contributed by atoms with Gasteiger partial charge in [-0.1, -0.05) is 44.2 Å². The standard InChI is InChI=1S/C22H35N3O.C9H8N2O.C2H4.CH5N/c1-22(2,16-23)17-26-21-9-8-19-11-14-25(15-12-20(19)24-21)13-10-18-6-4-3-5-7-18;1-11-5-8-7(6-12)3-2-4-9(8)10-11;2*1-2/h18H,3-15,17H2,1-2H3;2-6H,1H3;1-2H2;2H2,1H3. The van der Waals surface area contributed by atoms with E-state index in [1.54, 1.807) is 10.7 Å². The van der Waals surface area contributed by atoms with Crippen molar-refractivity contribution in [3.63, 3.8) is 0 Å². The number of aliphatic imine (C=N–C) groups is 1. The number of nitrogens with zero attached hydrogens (tertiary/aromatic N) is 5. The van der Waals surface area contributed by atoms with Crippen LogP contribution in [-0.4, -0.2) is 60.2 Å². The van der Waals surface area contributed by atoms with Crippen LogP contribution in [0.3, 0.4) is 0 Å². The first-order valence-electron chi connectivity index (χ1n) is 15.4. The van der Waals surface area contributed by atoms with E-state index in [1.807, 2.05) is 39.2 Å². The largest absolute Gasteiger partial charge is 0.479 e. The van der Waals surface area contributed by atoms with Gasteiger partial charge < -0.3 is 15.4 Å². The van der Waals surface area contributed by atoms with Crippen LogP contribution >= 0.6 is 0 Å². The van der Waals surface area contributed by atoms with E-state index in [0.717, 1.165) is 54.8 Å². The molecule has 2 aromatic rings. The topological polar surface area (TPSA) is 110 Å². The minimum atomic E-state index is -0.448. The number of aromatic nitrogens is 2. The second-order valence-electron chi connectivity index (χ2n) is 11.7. The monoisotopic (exact) mass is 576 g/mol. The SMILES string of the molecule is C=C.CC(C)(C#N)COC1=NC2=C(CC1)CCN(CCC1CCCCC1)CC2.CN.Cn1cc2c(C=O)cccc2n1. The van der Waals surface area contributed by atoms with Crippen molar-refractivity contribution >= 4 is 23.1 Å². The zero-order valence-corrected chi connectivity index (χ0v) is 26.4. The Morgan fingerprint density at radius 3 is 2.52 bits per heavy atom. The highest BCUT2D eigenvalue weighted by Crippen LogP contribution is 2.30. The van der Waals surface area contributed by atoms with Gasteiger partial charge in [-0.15, -0.1) is 13.2 Å². The number of aldehydes is 1. The molecule has 1 aliphatic carbocycles. The van der Waals surface area contributed by atoms with Crippen LogP contribution < -0.4 is 5.73 Å². The van der Waals surface area contributed by atoms with Crippen molar-refractivity contribution in [2.75, 3.05) is 33.3 Å². The fourth-order valence-corrected chi connectivity index (χ4v) is 5.61. The predicted octanol–water partition coefficient (Wildman–Crippen LogP) is 6.83. The predicted molar refractivity (Wildman–Crippen MR) is 173 cm³/mol. The van der Waals surface area contributed by atoms with Crippen LogP contribution in [0.5, 0.6) is 0 Å². The van der Waals surface area contributed by atoms with Crippen molar-refractivity contribution in [1.82, 2.24) is 14.7 Å². The number of aryl methyl sites for hydroxylation is 1. The highest BCUT2D eigenvalue weighted by molar-refractivity contribution is 5.96. The van der Waals surface area contributed by atoms with Crippen molar-refractivity contribution in [1.29, 1.82) is 5.26 Å².